The number of fused-ring (bicyclic) bond motifs is 1. The Hall–Kier alpha value is -2.21. The first-order chi connectivity index (χ1) is 16.5. The molecule has 1 heterocycles. The average molecular weight is 519 g/mol. The van der Waals surface area contributed by atoms with Gasteiger partial charge in [0.05, 0.1) is 16.4 Å². The summed E-state index contributed by atoms with van der Waals surface area (Å²) in [5.74, 6) is 0.547. The van der Waals surface area contributed by atoms with Crippen LogP contribution in [0.2, 0.25) is 15.1 Å². The Morgan fingerprint density at radius 2 is 1.76 bits per heavy atom. The first kappa shape index (κ1) is 23.5. The van der Waals surface area contributed by atoms with Crippen LogP contribution in [0.5, 0.6) is 5.88 Å². The van der Waals surface area contributed by atoms with Gasteiger partial charge in [-0.2, -0.15) is 0 Å². The summed E-state index contributed by atoms with van der Waals surface area (Å²) in [6, 6.07) is 13.5. The molecule has 178 valence electrons. The SMILES string of the molecule is O=C(NC1CCC1)Oc1nn(-c2ccc(Cl)cc2Cl)c2c1CCCCC2Cc1ccc(Cl)cc1. The Morgan fingerprint density at radius 1 is 1.00 bits per heavy atom. The molecule has 1 amide bonds. The van der Waals surface area contributed by atoms with Crippen molar-refractivity contribution >= 4 is 40.9 Å². The molecule has 1 aromatic heterocycles. The topological polar surface area (TPSA) is 56.1 Å². The van der Waals surface area contributed by atoms with E-state index in [1.807, 2.05) is 22.9 Å². The highest BCUT2D eigenvalue weighted by molar-refractivity contribution is 6.35. The van der Waals surface area contributed by atoms with Crippen molar-refractivity contribution in [3.05, 3.63) is 74.4 Å². The van der Waals surface area contributed by atoms with Gasteiger partial charge < -0.3 is 10.1 Å². The number of benzene rings is 2. The molecule has 5 rings (SSSR count). The molecule has 34 heavy (non-hydrogen) atoms. The van der Waals surface area contributed by atoms with Crippen molar-refractivity contribution in [2.24, 2.45) is 0 Å². The van der Waals surface area contributed by atoms with Crippen LogP contribution >= 0.6 is 34.8 Å². The minimum Gasteiger partial charge on any atom is -0.389 e. The molecular formula is C26H26Cl3N3O2. The van der Waals surface area contributed by atoms with E-state index in [2.05, 4.69) is 17.4 Å². The number of carbonyl (C=O) groups is 1. The van der Waals surface area contributed by atoms with E-state index in [0.717, 1.165) is 73.3 Å². The first-order valence-electron chi connectivity index (χ1n) is 11.8. The van der Waals surface area contributed by atoms with Crippen molar-refractivity contribution in [3.63, 3.8) is 0 Å². The largest absolute Gasteiger partial charge is 0.414 e. The zero-order chi connectivity index (χ0) is 23.7. The Morgan fingerprint density at radius 3 is 2.47 bits per heavy atom. The Balaban J connectivity index is 1.55. The van der Waals surface area contributed by atoms with E-state index >= 15 is 0 Å². The predicted octanol–water partition coefficient (Wildman–Crippen LogP) is 7.53. The van der Waals surface area contributed by atoms with Gasteiger partial charge in [-0.3, -0.25) is 0 Å². The van der Waals surface area contributed by atoms with Crippen molar-refractivity contribution in [3.8, 4) is 11.6 Å². The van der Waals surface area contributed by atoms with E-state index in [0.29, 0.717) is 15.9 Å². The summed E-state index contributed by atoms with van der Waals surface area (Å²) in [4.78, 5) is 12.6. The van der Waals surface area contributed by atoms with Crippen LogP contribution in [0.1, 0.15) is 61.3 Å². The summed E-state index contributed by atoms with van der Waals surface area (Å²) in [6.07, 6.45) is 7.38. The highest BCUT2D eigenvalue weighted by atomic mass is 35.5. The molecule has 0 saturated heterocycles. The molecular weight excluding hydrogens is 493 g/mol. The van der Waals surface area contributed by atoms with Gasteiger partial charge in [-0.1, -0.05) is 53.4 Å². The molecule has 0 spiro atoms. The second kappa shape index (κ2) is 10.2. The summed E-state index contributed by atoms with van der Waals surface area (Å²) < 4.78 is 7.64. The van der Waals surface area contributed by atoms with Gasteiger partial charge in [0.25, 0.3) is 0 Å². The van der Waals surface area contributed by atoms with Crippen LogP contribution in [0.15, 0.2) is 42.5 Å². The Kier molecular flexibility index (Phi) is 7.05. The minimum absolute atomic E-state index is 0.185. The number of carbonyl (C=O) groups excluding carboxylic acids is 1. The maximum Gasteiger partial charge on any atom is 0.414 e. The van der Waals surface area contributed by atoms with Crippen molar-refractivity contribution in [1.29, 1.82) is 0 Å². The fourth-order valence-electron chi connectivity index (χ4n) is 4.78. The average Bonchev–Trinajstić information content (AvgIpc) is 2.98. The van der Waals surface area contributed by atoms with Gasteiger partial charge in [0.15, 0.2) is 0 Å². The summed E-state index contributed by atoms with van der Waals surface area (Å²) in [5, 5.41) is 9.49. The molecule has 0 aliphatic heterocycles. The van der Waals surface area contributed by atoms with E-state index in [9.17, 15) is 4.79 Å². The van der Waals surface area contributed by atoms with Gasteiger partial charge in [0.1, 0.15) is 0 Å². The highest BCUT2D eigenvalue weighted by Gasteiger charge is 2.31. The molecule has 1 atom stereocenters. The Bertz CT molecular complexity index is 1190. The normalized spacial score (nSPS) is 18.0. The van der Waals surface area contributed by atoms with Crippen LogP contribution in [0, 0.1) is 0 Å². The van der Waals surface area contributed by atoms with Crippen molar-refractivity contribution in [2.45, 2.75) is 63.3 Å². The third-order valence-electron chi connectivity index (χ3n) is 6.75. The number of hydrogen-bond acceptors (Lipinski definition) is 3. The number of aromatic nitrogens is 2. The van der Waals surface area contributed by atoms with Crippen LogP contribution in [-0.4, -0.2) is 21.9 Å². The van der Waals surface area contributed by atoms with E-state index in [4.69, 9.17) is 44.6 Å². The molecule has 1 unspecified atom stereocenters. The summed E-state index contributed by atoms with van der Waals surface area (Å²) in [7, 11) is 0. The fraction of sp³-hybridized carbons (Fsp3) is 0.385. The van der Waals surface area contributed by atoms with Crippen LogP contribution in [0.3, 0.4) is 0 Å². The van der Waals surface area contributed by atoms with E-state index in [1.165, 1.54) is 5.56 Å². The van der Waals surface area contributed by atoms with Crippen LogP contribution in [0.25, 0.3) is 5.69 Å². The Labute approximate surface area is 214 Å². The highest BCUT2D eigenvalue weighted by Crippen LogP contribution is 2.40. The molecule has 1 saturated carbocycles. The quantitative estimate of drug-likeness (QED) is 0.355. The number of rotatable bonds is 5. The molecule has 1 N–H and O–H groups in total. The maximum atomic E-state index is 12.6. The van der Waals surface area contributed by atoms with Gasteiger partial charge in [-0.05, 0) is 80.8 Å². The lowest BCUT2D eigenvalue weighted by atomic mass is 9.91. The number of nitrogens with one attached hydrogen (secondary N) is 1. The van der Waals surface area contributed by atoms with Gasteiger partial charge in [-0.25, -0.2) is 9.48 Å². The molecule has 2 aliphatic carbocycles. The molecule has 1 fully saturated rings. The molecule has 5 nitrogen and oxygen atoms in total. The number of ether oxygens (including phenoxy) is 1. The lowest BCUT2D eigenvalue weighted by molar-refractivity contribution is 0.185. The second-order valence-corrected chi connectivity index (χ2v) is 10.4. The van der Waals surface area contributed by atoms with E-state index in [1.54, 1.807) is 12.1 Å². The summed E-state index contributed by atoms with van der Waals surface area (Å²) in [6.45, 7) is 0. The van der Waals surface area contributed by atoms with E-state index < -0.39 is 6.09 Å². The maximum absolute atomic E-state index is 12.6. The van der Waals surface area contributed by atoms with Crippen LogP contribution < -0.4 is 10.1 Å². The molecule has 2 aliphatic rings. The summed E-state index contributed by atoms with van der Waals surface area (Å²) in [5.41, 5.74) is 3.94. The number of amides is 1. The van der Waals surface area contributed by atoms with Gasteiger partial charge >= 0.3 is 6.09 Å². The number of hydrogen-bond donors (Lipinski definition) is 1. The third-order valence-corrected chi connectivity index (χ3v) is 7.54. The molecule has 3 aromatic rings. The van der Waals surface area contributed by atoms with E-state index in [-0.39, 0.29) is 12.0 Å². The lowest BCUT2D eigenvalue weighted by Crippen LogP contribution is -2.41. The van der Waals surface area contributed by atoms with Crippen LogP contribution in [-0.2, 0) is 12.8 Å². The van der Waals surface area contributed by atoms with Crippen molar-refractivity contribution < 1.29 is 9.53 Å². The predicted molar refractivity (Wildman–Crippen MR) is 136 cm³/mol. The first-order valence-corrected chi connectivity index (χ1v) is 12.9. The van der Waals surface area contributed by atoms with Crippen LogP contribution in [0.4, 0.5) is 4.79 Å². The van der Waals surface area contributed by atoms with Gasteiger partial charge in [0, 0.05) is 27.6 Å². The summed E-state index contributed by atoms with van der Waals surface area (Å²) >= 11 is 18.9. The molecule has 0 radical (unpaired) electrons. The minimum atomic E-state index is -0.446. The van der Waals surface area contributed by atoms with Gasteiger partial charge in [-0.15, -0.1) is 5.10 Å². The number of halogens is 3. The zero-order valence-electron chi connectivity index (χ0n) is 18.7. The standard InChI is InChI=1S/C26H26Cl3N3O2/c27-18-10-8-16(9-11-18)14-17-4-1-2-7-21-24(17)32(23-13-12-19(28)15-22(23)29)31-25(21)34-26(33)30-20-5-3-6-20/h8-13,15,17,20H,1-7,14H2,(H,30,33). The molecule has 8 heteroatoms. The monoisotopic (exact) mass is 517 g/mol. The molecule has 2 aromatic carbocycles. The zero-order valence-corrected chi connectivity index (χ0v) is 21.0. The third kappa shape index (κ3) is 5.07. The molecule has 0 bridgehead atoms. The van der Waals surface area contributed by atoms with Crippen molar-refractivity contribution in [1.82, 2.24) is 15.1 Å². The fourth-order valence-corrected chi connectivity index (χ4v) is 5.40. The lowest BCUT2D eigenvalue weighted by Gasteiger charge is -2.25. The van der Waals surface area contributed by atoms with Crippen molar-refractivity contribution in [2.75, 3.05) is 0 Å². The van der Waals surface area contributed by atoms with Gasteiger partial charge in [0.2, 0.25) is 5.88 Å². The smallest absolute Gasteiger partial charge is 0.389 e. The second-order valence-electron chi connectivity index (χ2n) is 9.11. The number of nitrogens with zero attached hydrogens (tertiary/aromatic N) is 2.